The van der Waals surface area contributed by atoms with Gasteiger partial charge in [0.15, 0.2) is 0 Å². The highest BCUT2D eigenvalue weighted by atomic mass is 16.5. The molecule has 6 nitrogen and oxygen atoms in total. The summed E-state index contributed by atoms with van der Waals surface area (Å²) < 4.78 is 11.1. The molecule has 29 heavy (non-hydrogen) atoms. The van der Waals surface area contributed by atoms with E-state index in [9.17, 15) is 4.79 Å². The zero-order valence-corrected chi connectivity index (χ0v) is 17.0. The number of methoxy groups -OCH3 is 1. The molecule has 1 heterocycles. The lowest BCUT2D eigenvalue weighted by molar-refractivity contribution is 0.262. The topological polar surface area (TPSA) is 72.5 Å². The highest BCUT2D eigenvalue weighted by molar-refractivity contribution is 6.00. The van der Waals surface area contributed by atoms with Crippen LogP contribution < -0.4 is 20.1 Å². The minimum Gasteiger partial charge on any atom is -0.495 e. The molecule has 150 valence electrons. The van der Waals surface area contributed by atoms with Gasteiger partial charge in [0.05, 0.1) is 12.8 Å². The van der Waals surface area contributed by atoms with E-state index in [1.54, 1.807) is 55.9 Å². The van der Waals surface area contributed by atoms with E-state index in [2.05, 4.69) is 36.4 Å². The molecule has 2 amide bonds. The van der Waals surface area contributed by atoms with Crippen molar-refractivity contribution >= 4 is 17.4 Å². The summed E-state index contributed by atoms with van der Waals surface area (Å²) in [6.07, 6.45) is 3.33. The fourth-order valence-corrected chi connectivity index (χ4v) is 2.71. The van der Waals surface area contributed by atoms with Crippen LogP contribution in [-0.2, 0) is 5.41 Å². The van der Waals surface area contributed by atoms with Gasteiger partial charge in [-0.25, -0.2) is 4.79 Å². The fraction of sp³-hybridized carbons (Fsp3) is 0.217. The predicted molar refractivity (Wildman–Crippen MR) is 115 cm³/mol. The van der Waals surface area contributed by atoms with Crippen LogP contribution in [0.15, 0.2) is 67.0 Å². The maximum absolute atomic E-state index is 12.5. The van der Waals surface area contributed by atoms with Crippen molar-refractivity contribution in [2.75, 3.05) is 17.7 Å². The molecule has 6 heteroatoms. The SMILES string of the molecule is COc1ccc(C(C)(C)C)cc1NC(=O)Nc1ccc(Oc2ccncc2)cc1. The average Bonchev–Trinajstić information content (AvgIpc) is 2.69. The first-order valence-electron chi connectivity index (χ1n) is 9.29. The minimum atomic E-state index is -0.350. The molecule has 0 fully saturated rings. The molecule has 0 aliphatic rings. The Labute approximate surface area is 170 Å². The number of carbonyl (C=O) groups excluding carboxylic acids is 1. The van der Waals surface area contributed by atoms with Gasteiger partial charge in [-0.3, -0.25) is 4.98 Å². The monoisotopic (exact) mass is 391 g/mol. The molecule has 0 unspecified atom stereocenters. The second-order valence-corrected chi connectivity index (χ2v) is 7.55. The van der Waals surface area contributed by atoms with Crippen LogP contribution in [0.5, 0.6) is 17.2 Å². The van der Waals surface area contributed by atoms with Crippen molar-refractivity contribution in [2.45, 2.75) is 26.2 Å². The number of pyridine rings is 1. The van der Waals surface area contributed by atoms with E-state index in [0.717, 1.165) is 5.56 Å². The summed E-state index contributed by atoms with van der Waals surface area (Å²) in [4.78, 5) is 16.4. The van der Waals surface area contributed by atoms with Gasteiger partial charge in [-0.05, 0) is 59.5 Å². The number of hydrogen-bond acceptors (Lipinski definition) is 4. The van der Waals surface area contributed by atoms with Crippen molar-refractivity contribution in [1.82, 2.24) is 4.98 Å². The van der Waals surface area contributed by atoms with E-state index in [1.165, 1.54) is 0 Å². The third kappa shape index (κ3) is 5.48. The quantitative estimate of drug-likeness (QED) is 0.574. The van der Waals surface area contributed by atoms with E-state index < -0.39 is 0 Å². The summed E-state index contributed by atoms with van der Waals surface area (Å²) in [5.74, 6) is 1.97. The number of ether oxygens (including phenoxy) is 2. The van der Waals surface area contributed by atoms with Gasteiger partial charge in [0.25, 0.3) is 0 Å². The first-order chi connectivity index (χ1) is 13.8. The van der Waals surface area contributed by atoms with Crippen LogP contribution in [0.2, 0.25) is 0 Å². The molecule has 0 radical (unpaired) electrons. The van der Waals surface area contributed by atoms with Crippen LogP contribution in [0.1, 0.15) is 26.3 Å². The zero-order valence-electron chi connectivity index (χ0n) is 17.0. The lowest BCUT2D eigenvalue weighted by Crippen LogP contribution is -2.20. The van der Waals surface area contributed by atoms with Gasteiger partial charge in [0, 0.05) is 18.1 Å². The Morgan fingerprint density at radius 2 is 1.55 bits per heavy atom. The molecule has 2 aromatic carbocycles. The van der Waals surface area contributed by atoms with Crippen LogP contribution in [0.3, 0.4) is 0 Å². The molecule has 0 bridgehead atoms. The van der Waals surface area contributed by atoms with Gasteiger partial charge in [0.1, 0.15) is 17.2 Å². The maximum atomic E-state index is 12.5. The van der Waals surface area contributed by atoms with Crippen molar-refractivity contribution in [3.63, 3.8) is 0 Å². The van der Waals surface area contributed by atoms with Crippen molar-refractivity contribution in [3.8, 4) is 17.2 Å². The summed E-state index contributed by atoms with van der Waals surface area (Å²) in [7, 11) is 1.58. The Morgan fingerprint density at radius 1 is 0.897 bits per heavy atom. The number of nitrogens with one attached hydrogen (secondary N) is 2. The average molecular weight is 391 g/mol. The first kappa shape index (κ1) is 20.2. The van der Waals surface area contributed by atoms with Crippen LogP contribution in [0.25, 0.3) is 0 Å². The Morgan fingerprint density at radius 3 is 2.17 bits per heavy atom. The van der Waals surface area contributed by atoms with Crippen molar-refractivity contribution < 1.29 is 14.3 Å². The number of anilines is 2. The molecule has 0 atom stereocenters. The molecule has 0 aliphatic heterocycles. The summed E-state index contributed by atoms with van der Waals surface area (Å²) in [6, 6.07) is 16.1. The van der Waals surface area contributed by atoms with Crippen molar-refractivity contribution in [2.24, 2.45) is 0 Å². The lowest BCUT2D eigenvalue weighted by atomic mass is 9.87. The normalized spacial score (nSPS) is 10.9. The number of hydrogen-bond donors (Lipinski definition) is 2. The van der Waals surface area contributed by atoms with E-state index in [4.69, 9.17) is 9.47 Å². The van der Waals surface area contributed by atoms with Gasteiger partial charge in [-0.1, -0.05) is 26.8 Å². The highest BCUT2D eigenvalue weighted by Gasteiger charge is 2.17. The lowest BCUT2D eigenvalue weighted by Gasteiger charge is -2.21. The van der Waals surface area contributed by atoms with Crippen LogP contribution >= 0.6 is 0 Å². The second-order valence-electron chi connectivity index (χ2n) is 7.55. The molecule has 3 aromatic rings. The molecule has 2 N–H and O–H groups in total. The number of urea groups is 1. The molecule has 3 rings (SSSR count). The molecular weight excluding hydrogens is 366 g/mol. The van der Waals surface area contributed by atoms with E-state index in [1.807, 2.05) is 18.2 Å². The van der Waals surface area contributed by atoms with Gasteiger partial charge >= 0.3 is 6.03 Å². The number of aromatic nitrogens is 1. The van der Waals surface area contributed by atoms with E-state index >= 15 is 0 Å². The maximum Gasteiger partial charge on any atom is 0.323 e. The number of rotatable bonds is 5. The zero-order chi connectivity index (χ0) is 20.9. The smallest absolute Gasteiger partial charge is 0.323 e. The third-order valence-corrected chi connectivity index (χ3v) is 4.31. The largest absolute Gasteiger partial charge is 0.495 e. The van der Waals surface area contributed by atoms with Crippen molar-refractivity contribution in [3.05, 3.63) is 72.6 Å². The highest BCUT2D eigenvalue weighted by Crippen LogP contribution is 2.31. The Balaban J connectivity index is 1.66. The minimum absolute atomic E-state index is 0.0379. The molecular formula is C23H25N3O3. The summed E-state index contributed by atoms with van der Waals surface area (Å²) >= 11 is 0. The van der Waals surface area contributed by atoms with E-state index in [0.29, 0.717) is 28.6 Å². The number of amides is 2. The summed E-state index contributed by atoms with van der Waals surface area (Å²) in [5.41, 5.74) is 2.33. The van der Waals surface area contributed by atoms with Gasteiger partial charge in [-0.2, -0.15) is 0 Å². The van der Waals surface area contributed by atoms with E-state index in [-0.39, 0.29) is 11.4 Å². The Bertz CT molecular complexity index is 965. The van der Waals surface area contributed by atoms with Gasteiger partial charge < -0.3 is 20.1 Å². The standard InChI is InChI=1S/C23H25N3O3/c1-23(2,3)16-5-10-21(28-4)20(15-16)26-22(27)25-17-6-8-18(9-7-17)29-19-11-13-24-14-12-19/h5-15H,1-4H3,(H2,25,26,27). The molecule has 0 saturated carbocycles. The third-order valence-electron chi connectivity index (χ3n) is 4.31. The fourth-order valence-electron chi connectivity index (χ4n) is 2.71. The Kier molecular flexibility index (Phi) is 6.02. The van der Waals surface area contributed by atoms with Crippen molar-refractivity contribution in [1.29, 1.82) is 0 Å². The molecule has 1 aromatic heterocycles. The van der Waals surface area contributed by atoms with Gasteiger partial charge in [-0.15, -0.1) is 0 Å². The molecule has 0 spiro atoms. The Hall–Kier alpha value is -3.54. The van der Waals surface area contributed by atoms with Crippen LogP contribution in [0.4, 0.5) is 16.2 Å². The predicted octanol–water partition coefficient (Wildman–Crippen LogP) is 5.82. The molecule has 0 aliphatic carbocycles. The molecule has 0 saturated heterocycles. The van der Waals surface area contributed by atoms with Gasteiger partial charge in [0.2, 0.25) is 0 Å². The van der Waals surface area contributed by atoms with Crippen LogP contribution in [-0.4, -0.2) is 18.1 Å². The number of benzene rings is 2. The van der Waals surface area contributed by atoms with Crippen LogP contribution in [0, 0.1) is 0 Å². The number of carbonyl (C=O) groups is 1. The summed E-state index contributed by atoms with van der Waals surface area (Å²) in [5, 5.41) is 5.68. The second kappa shape index (κ2) is 8.65. The number of nitrogens with zero attached hydrogens (tertiary/aromatic N) is 1. The first-order valence-corrected chi connectivity index (χ1v) is 9.29. The summed E-state index contributed by atoms with van der Waals surface area (Å²) in [6.45, 7) is 6.36.